The van der Waals surface area contributed by atoms with E-state index >= 15 is 0 Å². The molecule has 4 heteroatoms. The molecule has 1 heterocycles. The molecule has 0 aromatic carbocycles. The number of hydrogen-bond donors (Lipinski definition) is 2. The molecule has 0 radical (unpaired) electrons. The van der Waals surface area contributed by atoms with Crippen molar-refractivity contribution in [3.8, 4) is 0 Å². The van der Waals surface area contributed by atoms with Gasteiger partial charge in [0.25, 0.3) is 0 Å². The standard InChI is InChI=1S/C9H19NO2S/c1-7-8(3-4-12-7)13-6-9(2,11)5-10/h7-8,11H,3-6,10H2,1-2H3. The van der Waals surface area contributed by atoms with Crippen LogP contribution in [0.4, 0.5) is 0 Å². The van der Waals surface area contributed by atoms with Gasteiger partial charge in [0.05, 0.1) is 11.7 Å². The van der Waals surface area contributed by atoms with E-state index in [1.165, 1.54) is 0 Å². The highest BCUT2D eigenvalue weighted by molar-refractivity contribution is 8.00. The van der Waals surface area contributed by atoms with Crippen LogP contribution < -0.4 is 5.73 Å². The fourth-order valence-electron chi connectivity index (χ4n) is 1.28. The van der Waals surface area contributed by atoms with Crippen molar-refractivity contribution < 1.29 is 9.84 Å². The second-order valence-electron chi connectivity index (χ2n) is 3.92. The van der Waals surface area contributed by atoms with Gasteiger partial charge < -0.3 is 15.6 Å². The van der Waals surface area contributed by atoms with Gasteiger partial charge in [-0.2, -0.15) is 11.8 Å². The first kappa shape index (κ1) is 11.3. The summed E-state index contributed by atoms with van der Waals surface area (Å²) in [7, 11) is 0. The Labute approximate surface area is 84.0 Å². The molecule has 0 saturated carbocycles. The Morgan fingerprint density at radius 2 is 2.38 bits per heavy atom. The largest absolute Gasteiger partial charge is 0.388 e. The highest BCUT2D eigenvalue weighted by Crippen LogP contribution is 2.28. The lowest BCUT2D eigenvalue weighted by Crippen LogP contribution is -2.37. The molecule has 0 amide bonds. The highest BCUT2D eigenvalue weighted by Gasteiger charge is 2.27. The number of ether oxygens (including phenoxy) is 1. The van der Waals surface area contributed by atoms with Crippen LogP contribution in [-0.4, -0.2) is 41.0 Å². The van der Waals surface area contributed by atoms with Crippen molar-refractivity contribution in [3.05, 3.63) is 0 Å². The van der Waals surface area contributed by atoms with Crippen molar-refractivity contribution in [2.45, 2.75) is 37.2 Å². The topological polar surface area (TPSA) is 55.5 Å². The van der Waals surface area contributed by atoms with Crippen molar-refractivity contribution in [1.82, 2.24) is 0 Å². The lowest BCUT2D eigenvalue weighted by molar-refractivity contribution is 0.0944. The summed E-state index contributed by atoms with van der Waals surface area (Å²) in [5.41, 5.74) is 4.70. The second-order valence-corrected chi connectivity index (χ2v) is 5.14. The molecule has 1 saturated heterocycles. The van der Waals surface area contributed by atoms with E-state index in [4.69, 9.17) is 10.5 Å². The van der Waals surface area contributed by atoms with Gasteiger partial charge >= 0.3 is 0 Å². The highest BCUT2D eigenvalue weighted by atomic mass is 32.2. The molecule has 0 aliphatic carbocycles. The van der Waals surface area contributed by atoms with Crippen LogP contribution in [0, 0.1) is 0 Å². The van der Waals surface area contributed by atoms with E-state index in [1.54, 1.807) is 18.7 Å². The summed E-state index contributed by atoms with van der Waals surface area (Å²) in [5.74, 6) is 0.696. The maximum atomic E-state index is 9.68. The zero-order valence-corrected chi connectivity index (χ0v) is 9.14. The Bertz CT molecular complexity index is 164. The van der Waals surface area contributed by atoms with Crippen molar-refractivity contribution in [1.29, 1.82) is 0 Å². The van der Waals surface area contributed by atoms with Gasteiger partial charge in [0.1, 0.15) is 0 Å². The van der Waals surface area contributed by atoms with Crippen LogP contribution >= 0.6 is 11.8 Å². The summed E-state index contributed by atoms with van der Waals surface area (Å²) < 4.78 is 5.43. The molecule has 0 aromatic heterocycles. The average molecular weight is 205 g/mol. The lowest BCUT2D eigenvalue weighted by atomic mass is 10.1. The molecular weight excluding hydrogens is 186 g/mol. The summed E-state index contributed by atoms with van der Waals surface area (Å²) >= 11 is 1.77. The molecule has 0 bridgehead atoms. The molecule has 1 fully saturated rings. The van der Waals surface area contributed by atoms with E-state index in [0.717, 1.165) is 13.0 Å². The molecule has 3 atom stereocenters. The predicted molar refractivity (Wildman–Crippen MR) is 56.0 cm³/mol. The number of thioether (sulfide) groups is 1. The first-order valence-electron chi connectivity index (χ1n) is 4.71. The Hall–Kier alpha value is 0.230. The number of hydrogen-bond acceptors (Lipinski definition) is 4. The van der Waals surface area contributed by atoms with Crippen LogP contribution in [0.15, 0.2) is 0 Å². The SMILES string of the molecule is CC1OCCC1SCC(C)(O)CN. The Balaban J connectivity index is 2.25. The van der Waals surface area contributed by atoms with E-state index in [2.05, 4.69) is 6.92 Å². The van der Waals surface area contributed by atoms with Crippen LogP contribution in [-0.2, 0) is 4.74 Å². The molecule has 13 heavy (non-hydrogen) atoms. The summed E-state index contributed by atoms with van der Waals surface area (Å²) in [5, 5.41) is 10.2. The van der Waals surface area contributed by atoms with E-state index in [-0.39, 0.29) is 0 Å². The zero-order chi connectivity index (χ0) is 9.90. The summed E-state index contributed by atoms with van der Waals surface area (Å²) in [6.45, 7) is 5.04. The predicted octanol–water partition coefficient (Wildman–Crippen LogP) is 0.607. The van der Waals surface area contributed by atoms with Gasteiger partial charge in [-0.1, -0.05) is 0 Å². The maximum Gasteiger partial charge on any atom is 0.0831 e. The van der Waals surface area contributed by atoms with E-state index in [9.17, 15) is 5.11 Å². The first-order chi connectivity index (χ1) is 6.05. The maximum absolute atomic E-state index is 9.68. The van der Waals surface area contributed by atoms with Gasteiger partial charge in [-0.3, -0.25) is 0 Å². The van der Waals surface area contributed by atoms with Gasteiger partial charge in [-0.15, -0.1) is 0 Å². The minimum absolute atomic E-state index is 0.318. The quantitative estimate of drug-likeness (QED) is 0.706. The smallest absolute Gasteiger partial charge is 0.0831 e. The molecule has 1 aliphatic rings. The van der Waals surface area contributed by atoms with Crippen molar-refractivity contribution >= 4 is 11.8 Å². The second kappa shape index (κ2) is 4.64. The lowest BCUT2D eigenvalue weighted by Gasteiger charge is -2.23. The van der Waals surface area contributed by atoms with Gasteiger partial charge in [-0.05, 0) is 20.3 Å². The van der Waals surface area contributed by atoms with Gasteiger partial charge in [0.2, 0.25) is 0 Å². The molecule has 0 aromatic rings. The van der Waals surface area contributed by atoms with Crippen LogP contribution in [0.5, 0.6) is 0 Å². The fourth-order valence-corrected chi connectivity index (χ4v) is 2.58. The van der Waals surface area contributed by atoms with E-state index < -0.39 is 5.60 Å². The molecule has 3 nitrogen and oxygen atoms in total. The number of aliphatic hydroxyl groups is 1. The van der Waals surface area contributed by atoms with Crippen molar-refractivity contribution in [3.63, 3.8) is 0 Å². The average Bonchev–Trinajstić information content (AvgIpc) is 2.48. The third-order valence-electron chi connectivity index (χ3n) is 2.35. The fraction of sp³-hybridized carbons (Fsp3) is 1.00. The third kappa shape index (κ3) is 3.46. The Kier molecular flexibility index (Phi) is 4.04. The van der Waals surface area contributed by atoms with Gasteiger partial charge in [0, 0.05) is 24.2 Å². The van der Waals surface area contributed by atoms with E-state index in [0.29, 0.717) is 23.7 Å². The van der Waals surface area contributed by atoms with Gasteiger partial charge in [0.15, 0.2) is 0 Å². The van der Waals surface area contributed by atoms with Crippen LogP contribution in [0.1, 0.15) is 20.3 Å². The van der Waals surface area contributed by atoms with Crippen molar-refractivity contribution in [2.75, 3.05) is 18.9 Å². The minimum Gasteiger partial charge on any atom is -0.388 e. The molecule has 3 unspecified atom stereocenters. The molecule has 0 spiro atoms. The Morgan fingerprint density at radius 1 is 1.69 bits per heavy atom. The monoisotopic (exact) mass is 205 g/mol. The first-order valence-corrected chi connectivity index (χ1v) is 5.76. The molecular formula is C9H19NO2S. The minimum atomic E-state index is -0.729. The molecule has 1 rings (SSSR count). The summed E-state index contributed by atoms with van der Waals surface area (Å²) in [6.07, 6.45) is 1.41. The summed E-state index contributed by atoms with van der Waals surface area (Å²) in [6, 6.07) is 0. The van der Waals surface area contributed by atoms with Crippen LogP contribution in [0.2, 0.25) is 0 Å². The number of rotatable bonds is 4. The zero-order valence-electron chi connectivity index (χ0n) is 8.32. The Morgan fingerprint density at radius 3 is 2.85 bits per heavy atom. The molecule has 3 N–H and O–H groups in total. The molecule has 78 valence electrons. The van der Waals surface area contributed by atoms with Crippen LogP contribution in [0.3, 0.4) is 0 Å². The molecule has 1 aliphatic heterocycles. The normalized spacial score (nSPS) is 33.2. The van der Waals surface area contributed by atoms with Gasteiger partial charge in [-0.25, -0.2) is 0 Å². The van der Waals surface area contributed by atoms with Crippen LogP contribution in [0.25, 0.3) is 0 Å². The van der Waals surface area contributed by atoms with E-state index in [1.807, 2.05) is 0 Å². The number of nitrogens with two attached hydrogens (primary N) is 1. The van der Waals surface area contributed by atoms with Crippen molar-refractivity contribution in [2.24, 2.45) is 5.73 Å². The summed E-state index contributed by atoms with van der Waals surface area (Å²) in [4.78, 5) is 0. The third-order valence-corrected chi connectivity index (χ3v) is 4.19.